The van der Waals surface area contributed by atoms with Crippen LogP contribution in [0.25, 0.3) is 0 Å². The van der Waals surface area contributed by atoms with Crippen molar-refractivity contribution in [2.75, 3.05) is 25.4 Å². The first-order valence-electron chi connectivity index (χ1n) is 10.1. The van der Waals surface area contributed by atoms with E-state index in [0.29, 0.717) is 31.1 Å². The third-order valence-electron chi connectivity index (χ3n) is 5.94. The molecule has 1 N–H and O–H groups in total. The topological polar surface area (TPSA) is 83.9 Å². The number of nitrogens with zero attached hydrogens (tertiary/aromatic N) is 1. The first-order valence-corrected chi connectivity index (χ1v) is 11.8. The minimum atomic E-state index is -3.79. The van der Waals surface area contributed by atoms with Gasteiger partial charge in [-0.1, -0.05) is 12.0 Å². The van der Waals surface area contributed by atoms with Gasteiger partial charge in [0.2, 0.25) is 0 Å². The van der Waals surface area contributed by atoms with Gasteiger partial charge in [0.05, 0.1) is 22.6 Å². The van der Waals surface area contributed by atoms with E-state index in [4.69, 9.17) is 11.2 Å². The molecule has 1 aliphatic heterocycles. The van der Waals surface area contributed by atoms with Crippen LogP contribution in [0.15, 0.2) is 47.4 Å². The predicted molar refractivity (Wildman–Crippen MR) is 119 cm³/mol. The fourth-order valence-electron chi connectivity index (χ4n) is 3.76. The average molecular weight is 442 g/mol. The number of terminal acetylenes is 1. The lowest BCUT2D eigenvalue weighted by molar-refractivity contribution is -0.150. The third-order valence-corrected chi connectivity index (χ3v) is 7.87. The smallest absolute Gasteiger partial charge is 0.310 e. The molecule has 1 heterocycles. The zero-order chi connectivity index (χ0) is 22.6. The van der Waals surface area contributed by atoms with E-state index in [9.17, 15) is 18.3 Å². The summed E-state index contributed by atoms with van der Waals surface area (Å²) in [6.45, 7) is 5.38. The molecule has 0 bridgehead atoms. The molecule has 164 valence electrons. The van der Waals surface area contributed by atoms with Gasteiger partial charge in [0, 0.05) is 13.1 Å². The first-order chi connectivity index (χ1) is 14.6. The van der Waals surface area contributed by atoms with Crippen LogP contribution in [-0.2, 0) is 14.6 Å². The monoisotopic (exact) mass is 441 g/mol. The summed E-state index contributed by atoms with van der Waals surface area (Å²) in [6.07, 6.45) is 5.82. The normalized spacial score (nSPS) is 16.4. The number of aryl methyl sites for hydroxylation is 2. The van der Waals surface area contributed by atoms with Gasteiger partial charge in [-0.05, 0) is 74.2 Å². The van der Waals surface area contributed by atoms with E-state index in [1.165, 1.54) is 12.1 Å². The molecule has 1 saturated heterocycles. The Bertz CT molecular complexity index is 1090. The number of carbonyl (C=O) groups is 1. The number of carboxylic acid groups (broad SMARTS) is 1. The summed E-state index contributed by atoms with van der Waals surface area (Å²) in [5, 5.41) is 9.82. The van der Waals surface area contributed by atoms with Gasteiger partial charge in [0.15, 0.2) is 9.84 Å². The van der Waals surface area contributed by atoms with Gasteiger partial charge in [-0.3, -0.25) is 9.69 Å². The van der Waals surface area contributed by atoms with E-state index in [1.807, 2.05) is 36.9 Å². The molecule has 0 spiro atoms. The second kappa shape index (κ2) is 9.13. The maximum atomic E-state index is 13.0. The summed E-state index contributed by atoms with van der Waals surface area (Å²) in [7, 11) is -3.79. The molecule has 3 rings (SSSR count). The minimum absolute atomic E-state index is 0.0895. The van der Waals surface area contributed by atoms with Crippen LogP contribution in [0.4, 0.5) is 0 Å². The Morgan fingerprint density at radius 2 is 1.71 bits per heavy atom. The molecule has 2 aromatic rings. The maximum absolute atomic E-state index is 13.0. The van der Waals surface area contributed by atoms with Crippen molar-refractivity contribution in [3.8, 4) is 23.8 Å². The summed E-state index contributed by atoms with van der Waals surface area (Å²) in [4.78, 5) is 14.1. The highest BCUT2D eigenvalue weighted by molar-refractivity contribution is 7.91. The average Bonchev–Trinajstić information content (AvgIpc) is 2.72. The van der Waals surface area contributed by atoms with Crippen molar-refractivity contribution in [2.45, 2.75) is 31.6 Å². The van der Waals surface area contributed by atoms with Crippen molar-refractivity contribution < 1.29 is 23.1 Å². The number of ether oxygens (including phenoxy) is 1. The number of carboxylic acids is 1. The molecule has 7 heteroatoms. The van der Waals surface area contributed by atoms with E-state index in [-0.39, 0.29) is 17.7 Å². The molecule has 1 aliphatic rings. The highest BCUT2D eigenvalue weighted by Crippen LogP contribution is 2.35. The van der Waals surface area contributed by atoms with Gasteiger partial charge in [0.25, 0.3) is 0 Å². The van der Waals surface area contributed by atoms with Crippen LogP contribution < -0.4 is 4.74 Å². The molecule has 0 unspecified atom stereocenters. The number of hydrogen-bond donors (Lipinski definition) is 1. The number of rotatable bonds is 7. The maximum Gasteiger partial charge on any atom is 0.310 e. The highest BCUT2D eigenvalue weighted by Gasteiger charge is 2.45. The molecule has 0 aromatic heterocycles. The number of hydrogen-bond acceptors (Lipinski definition) is 5. The molecule has 6 nitrogen and oxygen atoms in total. The van der Waals surface area contributed by atoms with Gasteiger partial charge >= 0.3 is 5.97 Å². The summed E-state index contributed by atoms with van der Waals surface area (Å²) < 4.78 is 31.9. The van der Waals surface area contributed by atoms with Crippen LogP contribution in [0.1, 0.15) is 24.0 Å². The third kappa shape index (κ3) is 5.27. The van der Waals surface area contributed by atoms with Crippen LogP contribution in [-0.4, -0.2) is 49.8 Å². The van der Waals surface area contributed by atoms with Crippen LogP contribution >= 0.6 is 0 Å². The fourth-order valence-corrected chi connectivity index (χ4v) is 5.62. The number of piperidine rings is 1. The Kier molecular flexibility index (Phi) is 6.73. The fraction of sp³-hybridized carbons (Fsp3) is 0.375. The van der Waals surface area contributed by atoms with Crippen molar-refractivity contribution in [1.82, 2.24) is 4.90 Å². The van der Waals surface area contributed by atoms with E-state index in [2.05, 4.69) is 5.92 Å². The Balaban J connectivity index is 1.74. The van der Waals surface area contributed by atoms with Crippen LogP contribution in [0.3, 0.4) is 0 Å². The standard InChI is InChI=1S/C24H27NO5S/c1-4-13-25-14-11-24(12-15-25,23(26)27)17-31(28,29)22-9-7-20(8-10-22)30-21-6-5-18(2)19(3)16-21/h1,5-10,16H,11-15,17H2,2-3H3,(H,26,27). The van der Waals surface area contributed by atoms with Crippen molar-refractivity contribution in [1.29, 1.82) is 0 Å². The molecule has 0 saturated carbocycles. The van der Waals surface area contributed by atoms with Crippen molar-refractivity contribution >= 4 is 15.8 Å². The van der Waals surface area contributed by atoms with Crippen molar-refractivity contribution in [3.05, 3.63) is 53.6 Å². The summed E-state index contributed by atoms with van der Waals surface area (Å²) >= 11 is 0. The van der Waals surface area contributed by atoms with Gasteiger partial charge in [-0.2, -0.15) is 0 Å². The van der Waals surface area contributed by atoms with Gasteiger partial charge in [-0.15, -0.1) is 6.42 Å². The number of likely N-dealkylation sites (tertiary alicyclic amines) is 1. The second-order valence-electron chi connectivity index (χ2n) is 8.14. The van der Waals surface area contributed by atoms with E-state index in [0.717, 1.165) is 11.1 Å². The van der Waals surface area contributed by atoms with E-state index >= 15 is 0 Å². The van der Waals surface area contributed by atoms with Crippen LogP contribution in [0.5, 0.6) is 11.5 Å². The zero-order valence-corrected chi connectivity index (χ0v) is 18.6. The summed E-state index contributed by atoms with van der Waals surface area (Å²) in [5.41, 5.74) is 0.952. The van der Waals surface area contributed by atoms with Crippen molar-refractivity contribution in [2.24, 2.45) is 5.41 Å². The molecule has 0 atom stereocenters. The molecular weight excluding hydrogens is 414 g/mol. The molecule has 1 fully saturated rings. The number of sulfone groups is 1. The lowest BCUT2D eigenvalue weighted by Crippen LogP contribution is -2.48. The lowest BCUT2D eigenvalue weighted by Gasteiger charge is -2.37. The first kappa shape index (κ1) is 22.9. The molecule has 0 aliphatic carbocycles. The molecule has 0 radical (unpaired) electrons. The molecule has 31 heavy (non-hydrogen) atoms. The summed E-state index contributed by atoms with van der Waals surface area (Å²) in [6, 6.07) is 11.8. The Labute approximate surface area is 183 Å². The SMILES string of the molecule is C#CCN1CCC(CS(=O)(=O)c2ccc(Oc3ccc(C)c(C)c3)cc2)(C(=O)O)CC1. The lowest BCUT2D eigenvalue weighted by atomic mass is 9.80. The Morgan fingerprint density at radius 3 is 2.26 bits per heavy atom. The van der Waals surface area contributed by atoms with E-state index < -0.39 is 27.0 Å². The molecular formula is C24H27NO5S. The zero-order valence-electron chi connectivity index (χ0n) is 17.8. The number of aliphatic carboxylic acids is 1. The van der Waals surface area contributed by atoms with Gasteiger partial charge in [0.1, 0.15) is 11.5 Å². The molecule has 2 aromatic carbocycles. The minimum Gasteiger partial charge on any atom is -0.481 e. The van der Waals surface area contributed by atoms with Gasteiger partial charge < -0.3 is 9.84 Å². The van der Waals surface area contributed by atoms with Crippen molar-refractivity contribution in [3.63, 3.8) is 0 Å². The quantitative estimate of drug-likeness (QED) is 0.660. The van der Waals surface area contributed by atoms with Crippen LogP contribution in [0, 0.1) is 31.6 Å². The summed E-state index contributed by atoms with van der Waals surface area (Å²) in [5.74, 6) is 2.21. The predicted octanol–water partition coefficient (Wildman–Crippen LogP) is 3.67. The Morgan fingerprint density at radius 1 is 1.10 bits per heavy atom. The number of benzene rings is 2. The van der Waals surface area contributed by atoms with Crippen LogP contribution in [0.2, 0.25) is 0 Å². The largest absolute Gasteiger partial charge is 0.481 e. The second-order valence-corrected chi connectivity index (χ2v) is 10.1. The Hall–Kier alpha value is -2.82. The molecule has 0 amide bonds. The van der Waals surface area contributed by atoms with Gasteiger partial charge in [-0.25, -0.2) is 8.42 Å². The van der Waals surface area contributed by atoms with E-state index in [1.54, 1.807) is 12.1 Å². The highest BCUT2D eigenvalue weighted by atomic mass is 32.2.